The summed E-state index contributed by atoms with van der Waals surface area (Å²) in [6.45, 7) is 6.25. The molecule has 0 aliphatic carbocycles. The van der Waals surface area contributed by atoms with Gasteiger partial charge >= 0.3 is 5.97 Å². The second-order valence-electron chi connectivity index (χ2n) is 7.61. The van der Waals surface area contributed by atoms with Crippen LogP contribution in [0.3, 0.4) is 0 Å². The van der Waals surface area contributed by atoms with E-state index in [1.54, 1.807) is 43.3 Å². The monoisotopic (exact) mass is 450 g/mol. The number of amides is 1. The normalized spacial score (nSPS) is 17.0. The third kappa shape index (κ3) is 4.43. The number of nitrogens with one attached hydrogen (secondary N) is 1. The van der Waals surface area contributed by atoms with E-state index in [1.807, 2.05) is 0 Å². The maximum atomic E-state index is 12.5. The molecule has 0 saturated heterocycles. The van der Waals surface area contributed by atoms with Crippen LogP contribution in [-0.2, 0) is 9.53 Å². The maximum Gasteiger partial charge on any atom is 0.338 e. The molecule has 0 saturated carbocycles. The number of esters is 1. The number of aliphatic imine (C=N–C) groups is 1. The topological polar surface area (TPSA) is 108 Å². The van der Waals surface area contributed by atoms with Gasteiger partial charge in [-0.2, -0.15) is 15.1 Å². The molecule has 1 amide bonds. The number of hydrogen-bond acceptors (Lipinski definition) is 7. The van der Waals surface area contributed by atoms with Crippen LogP contribution in [0.4, 0.5) is 0 Å². The van der Waals surface area contributed by atoms with Crippen LogP contribution in [0.15, 0.2) is 56.5 Å². The van der Waals surface area contributed by atoms with Gasteiger partial charge in [-0.1, -0.05) is 26.0 Å². The number of benzene rings is 1. The molecule has 4 rings (SSSR count). The number of carbonyl (C=O) groups excluding carboxylic acids is 2. The number of amidine groups is 2. The van der Waals surface area contributed by atoms with Gasteiger partial charge in [-0.3, -0.25) is 10.2 Å². The predicted octanol–water partition coefficient (Wildman–Crippen LogP) is 4.79. The summed E-state index contributed by atoms with van der Waals surface area (Å²) >= 11 is 1.33. The summed E-state index contributed by atoms with van der Waals surface area (Å²) < 4.78 is 10.8. The van der Waals surface area contributed by atoms with E-state index in [9.17, 15) is 9.59 Å². The Bertz CT molecular complexity index is 1170. The van der Waals surface area contributed by atoms with Crippen LogP contribution >= 0.6 is 11.8 Å². The molecule has 0 unspecified atom stereocenters. The first-order valence-electron chi connectivity index (χ1n) is 10.2. The minimum absolute atomic E-state index is 0.0250. The third-order valence-electron chi connectivity index (χ3n) is 4.67. The molecule has 2 aliphatic rings. The summed E-state index contributed by atoms with van der Waals surface area (Å²) in [4.78, 5) is 28.4. The molecule has 8 nitrogen and oxygen atoms in total. The number of hydrazone groups is 1. The van der Waals surface area contributed by atoms with Crippen LogP contribution in [-0.4, -0.2) is 39.5 Å². The molecule has 1 aromatic heterocycles. The second-order valence-corrected chi connectivity index (χ2v) is 8.65. The summed E-state index contributed by atoms with van der Waals surface area (Å²) in [6, 6.07) is 10.3. The standard InChI is InChI=1S/C23H22N4O4S/c1-4-30-22(29)15-7-5-14(6-8-15)18-10-9-16(31-18)12-17-20(24)27-23(25-21(17)28)32-19(26-27)11-13(2)3/h5-10,12-13,24H,4,11H2,1-3H3/b17-12-,24-20?. The lowest BCUT2D eigenvalue weighted by atomic mass is 10.1. The van der Waals surface area contributed by atoms with Crippen LogP contribution in [0.5, 0.6) is 0 Å². The van der Waals surface area contributed by atoms with Gasteiger partial charge in [0.1, 0.15) is 16.6 Å². The highest BCUT2D eigenvalue weighted by atomic mass is 32.2. The minimum Gasteiger partial charge on any atom is -0.462 e. The Labute approximate surface area is 189 Å². The maximum absolute atomic E-state index is 12.5. The molecule has 3 heterocycles. The van der Waals surface area contributed by atoms with Crippen LogP contribution < -0.4 is 0 Å². The second kappa shape index (κ2) is 8.96. The average Bonchev–Trinajstić information content (AvgIpc) is 3.38. The first kappa shape index (κ1) is 21.8. The van der Waals surface area contributed by atoms with Crippen molar-refractivity contribution >= 4 is 45.8 Å². The molecular weight excluding hydrogens is 428 g/mol. The molecule has 1 N–H and O–H groups in total. The Morgan fingerprint density at radius 3 is 2.69 bits per heavy atom. The van der Waals surface area contributed by atoms with Crippen molar-refractivity contribution in [3.63, 3.8) is 0 Å². The Balaban J connectivity index is 1.54. The van der Waals surface area contributed by atoms with Gasteiger partial charge in [0.15, 0.2) is 5.84 Å². The highest BCUT2D eigenvalue weighted by molar-refractivity contribution is 8.26. The lowest BCUT2D eigenvalue weighted by molar-refractivity contribution is -0.114. The first-order valence-corrected chi connectivity index (χ1v) is 11.0. The van der Waals surface area contributed by atoms with Crippen LogP contribution in [0.1, 0.15) is 43.3 Å². The number of ether oxygens (including phenoxy) is 1. The highest BCUT2D eigenvalue weighted by Crippen LogP contribution is 2.31. The Kier molecular flexibility index (Phi) is 6.09. The Morgan fingerprint density at radius 2 is 2.00 bits per heavy atom. The summed E-state index contributed by atoms with van der Waals surface area (Å²) in [6.07, 6.45) is 2.26. The van der Waals surface area contributed by atoms with E-state index in [0.29, 0.717) is 34.8 Å². The molecule has 9 heteroatoms. The number of fused-ring (bicyclic) bond motifs is 1. The highest BCUT2D eigenvalue weighted by Gasteiger charge is 2.35. The zero-order valence-corrected chi connectivity index (χ0v) is 18.7. The van der Waals surface area contributed by atoms with Crippen LogP contribution in [0, 0.1) is 11.3 Å². The Morgan fingerprint density at radius 1 is 1.25 bits per heavy atom. The minimum atomic E-state index is -0.494. The van der Waals surface area contributed by atoms with Crippen molar-refractivity contribution in [2.24, 2.45) is 16.0 Å². The quantitative estimate of drug-likeness (QED) is 0.501. The molecule has 2 aliphatic heterocycles. The van der Waals surface area contributed by atoms with E-state index in [0.717, 1.165) is 17.0 Å². The number of nitrogens with zero attached hydrogens (tertiary/aromatic N) is 3. The molecule has 32 heavy (non-hydrogen) atoms. The van der Waals surface area contributed by atoms with Crippen molar-refractivity contribution in [3.8, 4) is 11.3 Å². The van der Waals surface area contributed by atoms with Crippen molar-refractivity contribution in [1.82, 2.24) is 5.01 Å². The number of furan rings is 1. The first-order chi connectivity index (χ1) is 15.4. The molecular formula is C23H22N4O4S. The lowest BCUT2D eigenvalue weighted by Crippen LogP contribution is -2.35. The van der Waals surface area contributed by atoms with Gasteiger partial charge in [-0.15, -0.1) is 0 Å². The van der Waals surface area contributed by atoms with Crippen LogP contribution in [0.2, 0.25) is 0 Å². The molecule has 0 radical (unpaired) electrons. The Hall–Kier alpha value is -3.46. The number of thioether (sulfide) groups is 1. The fourth-order valence-corrected chi connectivity index (χ4v) is 4.27. The van der Waals surface area contributed by atoms with Gasteiger partial charge < -0.3 is 9.15 Å². The third-order valence-corrected chi connectivity index (χ3v) is 5.60. The molecule has 0 atom stereocenters. The average molecular weight is 451 g/mol. The van der Waals surface area contributed by atoms with Crippen molar-refractivity contribution in [2.45, 2.75) is 27.2 Å². The fraction of sp³-hybridized carbons (Fsp3) is 0.261. The van der Waals surface area contributed by atoms with Gasteiger partial charge in [0.2, 0.25) is 5.17 Å². The molecule has 0 fully saturated rings. The van der Waals surface area contributed by atoms with Crippen molar-refractivity contribution in [1.29, 1.82) is 5.41 Å². The molecule has 2 aromatic rings. The molecule has 164 valence electrons. The zero-order chi connectivity index (χ0) is 22.8. The van der Waals surface area contributed by atoms with Crippen molar-refractivity contribution in [2.75, 3.05) is 6.61 Å². The van der Waals surface area contributed by atoms with Crippen LogP contribution in [0.25, 0.3) is 17.4 Å². The lowest BCUT2D eigenvalue weighted by Gasteiger charge is -2.19. The van der Waals surface area contributed by atoms with E-state index in [4.69, 9.17) is 14.6 Å². The van der Waals surface area contributed by atoms with Crippen molar-refractivity contribution < 1.29 is 18.7 Å². The van der Waals surface area contributed by atoms with E-state index >= 15 is 0 Å². The van der Waals surface area contributed by atoms with Gasteiger partial charge in [0, 0.05) is 12.0 Å². The van der Waals surface area contributed by atoms with Crippen molar-refractivity contribution in [3.05, 3.63) is 53.3 Å². The number of hydrogen-bond donors (Lipinski definition) is 1. The molecule has 0 bridgehead atoms. The molecule has 1 aromatic carbocycles. The summed E-state index contributed by atoms with van der Waals surface area (Å²) in [5.74, 6) is 0.502. The van der Waals surface area contributed by atoms with Gasteiger partial charge in [0.05, 0.1) is 17.7 Å². The van der Waals surface area contributed by atoms with E-state index < -0.39 is 5.91 Å². The van der Waals surface area contributed by atoms with Gasteiger partial charge in [-0.05, 0) is 54.9 Å². The van der Waals surface area contributed by atoms with Gasteiger partial charge in [0.25, 0.3) is 5.91 Å². The molecule has 0 spiro atoms. The largest absolute Gasteiger partial charge is 0.462 e. The van der Waals surface area contributed by atoms with E-state index in [-0.39, 0.29) is 17.4 Å². The summed E-state index contributed by atoms with van der Waals surface area (Å²) in [5.41, 5.74) is 1.34. The SMILES string of the molecule is CCOC(=O)c1ccc(-c2ccc(/C=C3/C(=N)N4N=C(CC(C)C)SC4=NC3=O)o2)cc1. The fourth-order valence-electron chi connectivity index (χ4n) is 3.18. The van der Waals surface area contributed by atoms with E-state index in [2.05, 4.69) is 23.9 Å². The summed E-state index contributed by atoms with van der Waals surface area (Å²) in [5, 5.41) is 15.5. The zero-order valence-electron chi connectivity index (χ0n) is 17.9. The number of rotatable bonds is 6. The van der Waals surface area contributed by atoms with Gasteiger partial charge in [-0.25, -0.2) is 4.79 Å². The van der Waals surface area contributed by atoms with E-state index in [1.165, 1.54) is 22.8 Å². The predicted molar refractivity (Wildman–Crippen MR) is 125 cm³/mol. The summed E-state index contributed by atoms with van der Waals surface area (Å²) in [7, 11) is 0. The number of carbonyl (C=O) groups is 2. The smallest absolute Gasteiger partial charge is 0.338 e.